The van der Waals surface area contributed by atoms with Crippen molar-refractivity contribution in [3.8, 4) is 5.69 Å². The molecule has 0 radical (unpaired) electrons. The number of nitrogens with zero attached hydrogens (tertiary/aromatic N) is 3. The lowest BCUT2D eigenvalue weighted by Gasteiger charge is -2.19. The molecule has 1 aromatic heterocycles. The van der Waals surface area contributed by atoms with E-state index in [2.05, 4.69) is 15.5 Å². The highest BCUT2D eigenvalue weighted by molar-refractivity contribution is 5.80. The van der Waals surface area contributed by atoms with Crippen LogP contribution in [0.5, 0.6) is 0 Å². The van der Waals surface area contributed by atoms with Crippen molar-refractivity contribution < 1.29 is 18.8 Å². The highest BCUT2D eigenvalue weighted by Gasteiger charge is 2.31. The fourth-order valence-electron chi connectivity index (χ4n) is 3.30. The molecule has 0 unspecified atom stereocenters. The van der Waals surface area contributed by atoms with Crippen LogP contribution in [0.15, 0.2) is 71.7 Å². The van der Waals surface area contributed by atoms with Crippen LogP contribution in [-0.4, -0.2) is 67.3 Å². The highest BCUT2D eigenvalue weighted by atomic mass is 19.1. The molecule has 0 bridgehead atoms. The van der Waals surface area contributed by atoms with Crippen LogP contribution in [0.2, 0.25) is 0 Å². The zero-order valence-electron chi connectivity index (χ0n) is 24.8. The van der Waals surface area contributed by atoms with E-state index < -0.39 is 5.82 Å². The molecular weight excluding hydrogens is 525 g/mol. The van der Waals surface area contributed by atoms with Crippen molar-refractivity contribution in [1.29, 1.82) is 0 Å². The third-order valence-corrected chi connectivity index (χ3v) is 5.73. The van der Waals surface area contributed by atoms with E-state index in [0.717, 1.165) is 31.6 Å². The summed E-state index contributed by atoms with van der Waals surface area (Å²) in [5.74, 6) is 0.0966. The van der Waals surface area contributed by atoms with Crippen LogP contribution < -0.4 is 16.2 Å². The monoisotopic (exact) mass is 567 g/mol. The minimum atomic E-state index is -0.592. The summed E-state index contributed by atoms with van der Waals surface area (Å²) in [6.45, 7) is 7.81. The molecule has 1 aliphatic carbocycles. The lowest BCUT2D eigenvalue weighted by atomic mass is 10.2. The first-order valence-electron chi connectivity index (χ1n) is 13.5. The number of benzene rings is 2. The van der Waals surface area contributed by atoms with Crippen molar-refractivity contribution in [1.82, 2.24) is 14.4 Å². The van der Waals surface area contributed by atoms with Gasteiger partial charge in [0.05, 0.1) is 11.4 Å². The summed E-state index contributed by atoms with van der Waals surface area (Å²) in [7, 11) is 5.94. The van der Waals surface area contributed by atoms with E-state index in [-0.39, 0.29) is 11.2 Å². The van der Waals surface area contributed by atoms with E-state index in [1.54, 1.807) is 24.4 Å². The minimum absolute atomic E-state index is 0.0766. The SMILES string of the molecule is CC.CN(C)CCN(C)C(=O)C1CC1.Cc1ccc(NC=O)cc1.O=CNc1ccc(-n2ccccc2=O)cc1F. The molecule has 3 amide bonds. The second-order valence-corrected chi connectivity index (χ2v) is 9.30. The van der Waals surface area contributed by atoms with Gasteiger partial charge in [-0.2, -0.15) is 0 Å². The Morgan fingerprint density at radius 1 is 0.951 bits per heavy atom. The third kappa shape index (κ3) is 13.1. The molecule has 9 nitrogen and oxygen atoms in total. The van der Waals surface area contributed by atoms with Crippen LogP contribution in [-0.2, 0) is 14.4 Å². The molecule has 1 fully saturated rings. The molecule has 41 heavy (non-hydrogen) atoms. The van der Waals surface area contributed by atoms with Crippen LogP contribution in [0.25, 0.3) is 5.69 Å². The molecule has 222 valence electrons. The normalized spacial score (nSPS) is 11.3. The zero-order chi connectivity index (χ0) is 30.8. The van der Waals surface area contributed by atoms with Gasteiger partial charge in [0, 0.05) is 50.1 Å². The molecule has 0 atom stereocenters. The number of hydrogen-bond acceptors (Lipinski definition) is 5. The molecule has 10 heteroatoms. The first kappa shape index (κ1) is 34.7. The highest BCUT2D eigenvalue weighted by Crippen LogP contribution is 2.30. The fourth-order valence-corrected chi connectivity index (χ4v) is 3.30. The number of anilines is 2. The predicted octanol–water partition coefficient (Wildman–Crippen LogP) is 4.55. The van der Waals surface area contributed by atoms with Crippen molar-refractivity contribution in [2.24, 2.45) is 5.92 Å². The largest absolute Gasteiger partial charge is 0.344 e. The zero-order valence-corrected chi connectivity index (χ0v) is 24.8. The van der Waals surface area contributed by atoms with Crippen molar-refractivity contribution in [3.63, 3.8) is 0 Å². The Morgan fingerprint density at radius 2 is 1.59 bits per heavy atom. The van der Waals surface area contributed by atoms with Gasteiger partial charge in [0.25, 0.3) is 5.56 Å². The van der Waals surface area contributed by atoms with E-state index in [9.17, 15) is 23.6 Å². The number of halogens is 1. The summed E-state index contributed by atoms with van der Waals surface area (Å²) in [6, 6.07) is 16.4. The number of amides is 3. The van der Waals surface area contributed by atoms with E-state index in [1.165, 1.54) is 28.3 Å². The Morgan fingerprint density at radius 3 is 2.10 bits per heavy atom. The summed E-state index contributed by atoms with van der Waals surface area (Å²) in [4.78, 5) is 47.0. The molecule has 0 saturated heterocycles. The third-order valence-electron chi connectivity index (χ3n) is 5.73. The maximum absolute atomic E-state index is 13.5. The number of likely N-dealkylation sites (N-methyl/N-ethyl adjacent to an activating group) is 2. The first-order chi connectivity index (χ1) is 19.7. The quantitative estimate of drug-likeness (QED) is 0.369. The van der Waals surface area contributed by atoms with Gasteiger partial charge in [-0.3, -0.25) is 23.7 Å². The van der Waals surface area contributed by atoms with E-state index in [1.807, 2.05) is 71.1 Å². The number of nitrogens with one attached hydrogen (secondary N) is 2. The summed E-state index contributed by atoms with van der Waals surface area (Å²) in [6.07, 6.45) is 4.82. The number of carbonyl (C=O) groups is 3. The number of aromatic nitrogens is 1. The summed E-state index contributed by atoms with van der Waals surface area (Å²) in [5.41, 5.74) is 2.26. The Labute approximate surface area is 242 Å². The summed E-state index contributed by atoms with van der Waals surface area (Å²) >= 11 is 0. The Bertz CT molecular complexity index is 1270. The standard InChI is InChI=1S/C12H9FN2O2.C9H18N2O.C8H9NO.C2H6/c13-10-7-9(4-5-11(10)14-8-16)15-6-2-1-3-12(15)17;1-10(2)6-7-11(3)9(12)8-4-5-8;1-7-2-4-8(5-3-7)9-6-10;1-2/h1-8H,(H,14,16);8H,4-7H2,1-3H3;2-6H,1H3,(H,9,10);1-2H3. The Balaban J connectivity index is 0.000000310. The maximum atomic E-state index is 13.5. The number of hydrogen-bond donors (Lipinski definition) is 2. The van der Waals surface area contributed by atoms with Crippen LogP contribution in [0, 0.1) is 18.7 Å². The number of aryl methyl sites for hydroxylation is 1. The molecule has 0 aliphatic heterocycles. The lowest BCUT2D eigenvalue weighted by Crippen LogP contribution is -2.34. The van der Waals surface area contributed by atoms with Crippen LogP contribution >= 0.6 is 0 Å². The average Bonchev–Trinajstić information content (AvgIpc) is 3.82. The molecule has 1 aliphatic rings. The Hall–Kier alpha value is -4.31. The minimum Gasteiger partial charge on any atom is -0.344 e. The Kier molecular flexibility index (Phi) is 16.0. The van der Waals surface area contributed by atoms with Crippen molar-refractivity contribution >= 4 is 30.1 Å². The second kappa shape index (κ2) is 18.9. The van der Waals surface area contributed by atoms with Gasteiger partial charge in [-0.15, -0.1) is 0 Å². The van der Waals surface area contributed by atoms with Crippen molar-refractivity contribution in [2.75, 3.05) is 44.9 Å². The maximum Gasteiger partial charge on any atom is 0.255 e. The summed E-state index contributed by atoms with van der Waals surface area (Å²) in [5, 5.41) is 4.78. The smallest absolute Gasteiger partial charge is 0.255 e. The average molecular weight is 568 g/mol. The van der Waals surface area contributed by atoms with Gasteiger partial charge in [0.2, 0.25) is 18.7 Å². The second-order valence-electron chi connectivity index (χ2n) is 9.30. The molecule has 4 rings (SSSR count). The summed E-state index contributed by atoms with van der Waals surface area (Å²) < 4.78 is 14.8. The number of rotatable bonds is 9. The molecule has 3 aromatic rings. The molecule has 0 spiro atoms. The fraction of sp³-hybridized carbons (Fsp3) is 0.355. The van der Waals surface area contributed by atoms with Gasteiger partial charge in [-0.1, -0.05) is 37.6 Å². The molecule has 1 saturated carbocycles. The van der Waals surface area contributed by atoms with Crippen LogP contribution in [0.3, 0.4) is 0 Å². The molecular formula is C31H42FN5O4. The lowest BCUT2D eigenvalue weighted by molar-refractivity contribution is -0.131. The molecule has 2 aromatic carbocycles. The first-order valence-corrected chi connectivity index (χ1v) is 13.5. The topological polar surface area (TPSA) is 104 Å². The van der Waals surface area contributed by atoms with Crippen LogP contribution in [0.1, 0.15) is 32.3 Å². The van der Waals surface area contributed by atoms with Gasteiger partial charge in [0.1, 0.15) is 5.82 Å². The van der Waals surface area contributed by atoms with Crippen molar-refractivity contribution in [3.05, 3.63) is 88.6 Å². The van der Waals surface area contributed by atoms with Crippen molar-refractivity contribution in [2.45, 2.75) is 33.6 Å². The molecule has 1 heterocycles. The molecule has 2 N–H and O–H groups in total. The van der Waals surface area contributed by atoms with Gasteiger partial charge in [-0.25, -0.2) is 4.39 Å². The van der Waals surface area contributed by atoms with E-state index >= 15 is 0 Å². The predicted molar refractivity (Wildman–Crippen MR) is 163 cm³/mol. The van der Waals surface area contributed by atoms with Gasteiger partial charge in [-0.05, 0) is 64.2 Å². The van der Waals surface area contributed by atoms with Gasteiger partial charge < -0.3 is 20.4 Å². The van der Waals surface area contributed by atoms with E-state index in [4.69, 9.17) is 0 Å². The van der Waals surface area contributed by atoms with Gasteiger partial charge in [0.15, 0.2) is 0 Å². The van der Waals surface area contributed by atoms with Gasteiger partial charge >= 0.3 is 0 Å². The van der Waals surface area contributed by atoms with Crippen LogP contribution in [0.4, 0.5) is 15.8 Å². The number of pyridine rings is 1. The number of carbonyl (C=O) groups excluding carboxylic acids is 3. The van der Waals surface area contributed by atoms with E-state index in [0.29, 0.717) is 30.3 Å².